The van der Waals surface area contributed by atoms with Gasteiger partial charge in [0.05, 0.1) is 45.5 Å². The molecule has 254 valence electrons. The molecule has 2 N–H and O–H groups in total. The Bertz CT molecular complexity index is 2620. The number of furan rings is 1. The van der Waals surface area contributed by atoms with Crippen LogP contribution < -0.4 is 10.0 Å². The number of pyridine rings is 2. The van der Waals surface area contributed by atoms with Gasteiger partial charge in [-0.25, -0.2) is 31.6 Å². The molecule has 7 aromatic rings. The number of fused-ring (bicyclic) bond motifs is 6. The van der Waals surface area contributed by atoms with Crippen LogP contribution in [0.2, 0.25) is 0 Å². The summed E-state index contributed by atoms with van der Waals surface area (Å²) in [6.45, 7) is 2.35. The summed E-state index contributed by atoms with van der Waals surface area (Å²) in [7, 11) is -2.41. The van der Waals surface area contributed by atoms with Crippen molar-refractivity contribution in [1.29, 1.82) is 0 Å². The summed E-state index contributed by atoms with van der Waals surface area (Å²) >= 11 is 0. The Balaban J connectivity index is 1.38. The van der Waals surface area contributed by atoms with Crippen LogP contribution in [0.25, 0.3) is 61.1 Å². The third-order valence-electron chi connectivity index (χ3n) is 8.85. The first-order chi connectivity index (χ1) is 24.0. The van der Waals surface area contributed by atoms with E-state index in [0.29, 0.717) is 45.4 Å². The monoisotopic (exact) mass is 699 g/mol. The number of amides is 1. The normalized spacial score (nSPS) is 14.2. The van der Waals surface area contributed by atoms with Gasteiger partial charge in [0.15, 0.2) is 5.82 Å². The number of nitrogens with zero attached hydrogens (tertiary/aromatic N) is 5. The number of benzene rings is 2. The number of halogens is 3. The number of nitrogens with one attached hydrogen (secondary N) is 2. The highest BCUT2D eigenvalue weighted by molar-refractivity contribution is 7.92. The number of rotatable bonds is 8. The van der Waals surface area contributed by atoms with Gasteiger partial charge in [0, 0.05) is 36.7 Å². The first-order valence-corrected chi connectivity index (χ1v) is 17.4. The molecule has 0 radical (unpaired) electrons. The van der Waals surface area contributed by atoms with Crippen LogP contribution >= 0.6 is 0 Å². The Hall–Kier alpha value is -5.54. The van der Waals surface area contributed by atoms with E-state index >= 15 is 4.39 Å². The molecule has 0 saturated carbocycles. The number of alkyl halides is 1. The van der Waals surface area contributed by atoms with Gasteiger partial charge >= 0.3 is 0 Å². The van der Waals surface area contributed by atoms with E-state index in [0.717, 1.165) is 0 Å². The zero-order valence-electron chi connectivity index (χ0n) is 26.7. The molecule has 0 bridgehead atoms. The average Bonchev–Trinajstić information content (AvgIpc) is 3.67. The van der Waals surface area contributed by atoms with Crippen molar-refractivity contribution in [1.82, 2.24) is 29.6 Å². The zero-order valence-corrected chi connectivity index (χ0v) is 27.5. The van der Waals surface area contributed by atoms with E-state index in [1.165, 1.54) is 44.3 Å². The van der Waals surface area contributed by atoms with Gasteiger partial charge in [-0.15, -0.1) is 0 Å². The second kappa shape index (κ2) is 11.8. The van der Waals surface area contributed by atoms with Crippen LogP contribution in [0.4, 0.5) is 19.0 Å². The molecule has 11 nitrogen and oxygen atoms in total. The third kappa shape index (κ3) is 5.29. The van der Waals surface area contributed by atoms with Crippen molar-refractivity contribution in [2.24, 2.45) is 0 Å². The number of hydrogen-bond donors (Lipinski definition) is 2. The van der Waals surface area contributed by atoms with Crippen LogP contribution in [0.15, 0.2) is 71.1 Å². The van der Waals surface area contributed by atoms with E-state index in [-0.39, 0.29) is 58.3 Å². The first kappa shape index (κ1) is 31.7. The maximum absolute atomic E-state index is 15.1. The highest BCUT2D eigenvalue weighted by atomic mass is 32.2. The van der Waals surface area contributed by atoms with Crippen molar-refractivity contribution in [3.63, 3.8) is 0 Å². The summed E-state index contributed by atoms with van der Waals surface area (Å²) < 4.78 is 78.7. The second-order valence-electron chi connectivity index (χ2n) is 12.1. The standard InChI is InChI=1S/C35H28F3N7O4S/c1-3-50(47,48)43-33-22(13-23-30(34(46)39-2)32(49-35(23)42-33)18-7-9-19(36)10-8-18)25-11-12-26-31(41-25)28-14-21-24(38)5-4-6-27(21)45(28)29(40-26)17-44-15-20(37)16-44/h4-14,20H,3,15-17H2,1-2H3,(H,39,46)(H,42,43). The molecule has 1 fully saturated rings. The Morgan fingerprint density at radius 3 is 2.48 bits per heavy atom. The van der Waals surface area contributed by atoms with Gasteiger partial charge in [0.25, 0.3) is 5.91 Å². The van der Waals surface area contributed by atoms with Gasteiger partial charge in [-0.3, -0.25) is 18.8 Å². The number of carbonyl (C=O) groups is 1. The predicted molar refractivity (Wildman–Crippen MR) is 183 cm³/mol. The first-order valence-electron chi connectivity index (χ1n) is 15.8. The molecule has 6 heterocycles. The molecule has 0 unspecified atom stereocenters. The second-order valence-corrected chi connectivity index (χ2v) is 14.1. The fourth-order valence-electron chi connectivity index (χ4n) is 6.33. The Kier molecular flexibility index (Phi) is 7.49. The van der Waals surface area contributed by atoms with E-state index in [9.17, 15) is 22.0 Å². The fraction of sp³-hybridized carbons (Fsp3) is 0.200. The molecule has 15 heteroatoms. The van der Waals surface area contributed by atoms with Crippen LogP contribution in [-0.2, 0) is 16.6 Å². The summed E-state index contributed by atoms with van der Waals surface area (Å²) in [6.07, 6.45) is -0.912. The topological polar surface area (TPSA) is 135 Å². The molecule has 0 aliphatic carbocycles. The van der Waals surface area contributed by atoms with Crippen molar-refractivity contribution in [2.45, 2.75) is 19.6 Å². The highest BCUT2D eigenvalue weighted by Gasteiger charge is 2.29. The van der Waals surface area contributed by atoms with Crippen LogP contribution in [0, 0.1) is 11.6 Å². The van der Waals surface area contributed by atoms with E-state index in [2.05, 4.69) is 15.0 Å². The molecule has 0 spiro atoms. The van der Waals surface area contributed by atoms with Crippen LogP contribution in [0.3, 0.4) is 0 Å². The quantitative estimate of drug-likeness (QED) is 0.196. The summed E-state index contributed by atoms with van der Waals surface area (Å²) in [5, 5.41) is 3.21. The SMILES string of the molecule is CCS(=O)(=O)Nc1nc2oc(-c3ccc(F)cc3)c(C(=O)NC)c2cc1-c1ccc2nc(CN3CC(F)C3)n3c4cccc(F)c4cc3c2n1. The molecule has 1 amide bonds. The van der Waals surface area contributed by atoms with E-state index in [1.807, 2.05) is 4.90 Å². The largest absolute Gasteiger partial charge is 0.437 e. The molecule has 50 heavy (non-hydrogen) atoms. The lowest BCUT2D eigenvalue weighted by atomic mass is 10.0. The van der Waals surface area contributed by atoms with Crippen molar-refractivity contribution in [3.8, 4) is 22.6 Å². The lowest BCUT2D eigenvalue weighted by Gasteiger charge is -2.34. The minimum atomic E-state index is -3.86. The maximum atomic E-state index is 15.1. The van der Waals surface area contributed by atoms with Gasteiger partial charge in [0.1, 0.15) is 34.9 Å². The molecule has 1 saturated heterocycles. The van der Waals surface area contributed by atoms with Crippen molar-refractivity contribution in [3.05, 3.63) is 89.8 Å². The molecule has 1 aliphatic heterocycles. The summed E-state index contributed by atoms with van der Waals surface area (Å²) in [5.41, 5.74) is 2.96. The summed E-state index contributed by atoms with van der Waals surface area (Å²) in [4.78, 5) is 29.5. The molecular formula is C35H28F3N7O4S. The van der Waals surface area contributed by atoms with Crippen molar-refractivity contribution >= 4 is 60.3 Å². The van der Waals surface area contributed by atoms with Crippen LogP contribution in [-0.4, -0.2) is 70.6 Å². The maximum Gasteiger partial charge on any atom is 0.255 e. The van der Waals surface area contributed by atoms with Crippen molar-refractivity contribution < 1.29 is 30.8 Å². The molecular weight excluding hydrogens is 671 g/mol. The highest BCUT2D eigenvalue weighted by Crippen LogP contribution is 2.39. The number of sulfonamides is 1. The van der Waals surface area contributed by atoms with Gasteiger partial charge in [-0.1, -0.05) is 6.07 Å². The Labute approximate surface area is 282 Å². The number of hydrogen-bond acceptors (Lipinski definition) is 8. The average molecular weight is 700 g/mol. The molecule has 5 aromatic heterocycles. The van der Waals surface area contributed by atoms with Gasteiger partial charge in [-0.2, -0.15) is 4.98 Å². The third-order valence-corrected chi connectivity index (χ3v) is 10.1. The number of likely N-dealkylation sites (tertiary alicyclic amines) is 1. The van der Waals surface area contributed by atoms with E-state index < -0.39 is 33.7 Å². The summed E-state index contributed by atoms with van der Waals surface area (Å²) in [5.74, 6) is -1.08. The molecule has 1 aliphatic rings. The van der Waals surface area contributed by atoms with Crippen LogP contribution in [0.1, 0.15) is 23.1 Å². The van der Waals surface area contributed by atoms with E-state index in [1.54, 1.807) is 40.8 Å². The number of anilines is 1. The predicted octanol–water partition coefficient (Wildman–Crippen LogP) is 6.06. The molecule has 8 rings (SSSR count). The van der Waals surface area contributed by atoms with E-state index in [4.69, 9.17) is 14.4 Å². The molecule has 0 atom stereocenters. The minimum absolute atomic E-state index is 0.0372. The smallest absolute Gasteiger partial charge is 0.255 e. The number of aromatic nitrogens is 4. The Morgan fingerprint density at radius 1 is 0.980 bits per heavy atom. The Morgan fingerprint density at radius 2 is 1.76 bits per heavy atom. The van der Waals surface area contributed by atoms with Crippen molar-refractivity contribution in [2.75, 3.05) is 30.6 Å². The van der Waals surface area contributed by atoms with Gasteiger partial charge in [0.2, 0.25) is 15.7 Å². The lowest BCUT2D eigenvalue weighted by Crippen LogP contribution is -2.47. The minimum Gasteiger partial charge on any atom is -0.437 e. The van der Waals surface area contributed by atoms with Crippen LogP contribution in [0.5, 0.6) is 0 Å². The summed E-state index contributed by atoms with van der Waals surface area (Å²) in [6, 6.07) is 16.7. The molecule has 2 aromatic carbocycles. The number of carbonyl (C=O) groups excluding carboxylic acids is 1. The fourth-order valence-corrected chi connectivity index (χ4v) is 6.92. The lowest BCUT2D eigenvalue weighted by molar-refractivity contribution is 0.0567. The van der Waals surface area contributed by atoms with Gasteiger partial charge < -0.3 is 9.73 Å². The zero-order chi connectivity index (χ0) is 34.9. The van der Waals surface area contributed by atoms with Gasteiger partial charge in [-0.05, 0) is 67.6 Å².